The van der Waals surface area contributed by atoms with E-state index in [4.69, 9.17) is 22.9 Å². The normalized spacial score (nSPS) is 9.09. The Morgan fingerprint density at radius 3 is 3.27 bits per heavy atom. The van der Waals surface area contributed by atoms with E-state index < -0.39 is 0 Å². The van der Waals surface area contributed by atoms with Crippen LogP contribution in [-0.2, 0) is 4.84 Å². The minimum atomic E-state index is 0.206. The number of nitrogens with one attached hydrogen (secondary N) is 1. The van der Waals surface area contributed by atoms with Gasteiger partial charge in [-0.1, -0.05) is 17.5 Å². The highest BCUT2D eigenvalue weighted by Gasteiger charge is 1.96. The summed E-state index contributed by atoms with van der Waals surface area (Å²) in [7, 11) is 0. The fourth-order valence-electron chi connectivity index (χ4n) is 0.441. The number of halogens is 1. The lowest BCUT2D eigenvalue weighted by Crippen LogP contribution is -2.00. The number of nitrogens with zero attached hydrogens (tertiary/aromatic N) is 1. The number of thiazole rings is 1. The van der Waals surface area contributed by atoms with Gasteiger partial charge in [0.15, 0.2) is 0 Å². The summed E-state index contributed by atoms with van der Waals surface area (Å²) in [5, 5.41) is 2.75. The van der Waals surface area contributed by atoms with Crippen LogP contribution in [-0.4, -0.2) is 11.6 Å². The van der Waals surface area contributed by atoms with Crippen LogP contribution < -0.4 is 5.48 Å². The molecule has 1 N–H and O–H groups in total. The molecule has 0 aliphatic rings. The van der Waals surface area contributed by atoms with Gasteiger partial charge in [0, 0.05) is 5.38 Å². The summed E-state index contributed by atoms with van der Waals surface area (Å²) >= 11 is 6.89. The summed E-state index contributed by atoms with van der Waals surface area (Å²) in [5.41, 5.74) is 2.55. The minimum absolute atomic E-state index is 0.206. The van der Waals surface area contributed by atoms with Crippen LogP contribution in [0.5, 0.6) is 0 Å². The molecular formula is C6H5ClN2OS. The van der Waals surface area contributed by atoms with Crippen molar-refractivity contribution in [1.82, 2.24) is 4.98 Å². The highest BCUT2D eigenvalue weighted by molar-refractivity contribution is 7.14. The molecule has 0 bridgehead atoms. The van der Waals surface area contributed by atoms with Crippen LogP contribution in [0.4, 0.5) is 5.13 Å². The van der Waals surface area contributed by atoms with Crippen molar-refractivity contribution in [3.63, 3.8) is 0 Å². The summed E-state index contributed by atoms with van der Waals surface area (Å²) < 4.78 is 0. The van der Waals surface area contributed by atoms with Crippen LogP contribution in [0.15, 0.2) is 5.38 Å². The summed E-state index contributed by atoms with van der Waals surface area (Å²) in [6, 6.07) is 0. The molecule has 0 radical (unpaired) electrons. The molecule has 0 atom stereocenters. The molecule has 1 rings (SSSR count). The highest BCUT2D eigenvalue weighted by Crippen LogP contribution is 2.18. The summed E-state index contributed by atoms with van der Waals surface area (Å²) in [6.07, 6.45) is 4.94. The third-order valence-electron chi connectivity index (χ3n) is 0.791. The number of rotatable bonds is 3. The molecule has 58 valence electrons. The quantitative estimate of drug-likeness (QED) is 0.446. The van der Waals surface area contributed by atoms with Gasteiger partial charge in [0.05, 0.1) is 0 Å². The molecule has 0 aliphatic carbocycles. The molecule has 0 saturated carbocycles. The number of anilines is 1. The lowest BCUT2D eigenvalue weighted by atomic mass is 10.8. The highest BCUT2D eigenvalue weighted by atomic mass is 35.5. The van der Waals surface area contributed by atoms with Crippen molar-refractivity contribution in [3.8, 4) is 12.3 Å². The first kappa shape index (κ1) is 8.34. The van der Waals surface area contributed by atoms with E-state index in [0.29, 0.717) is 10.3 Å². The first-order chi connectivity index (χ1) is 5.33. The largest absolute Gasteiger partial charge is 0.261 e. The monoisotopic (exact) mass is 188 g/mol. The molecule has 1 aromatic heterocycles. The Hall–Kier alpha value is -0.760. The molecule has 0 saturated heterocycles. The Kier molecular flexibility index (Phi) is 3.17. The van der Waals surface area contributed by atoms with Gasteiger partial charge in [-0.3, -0.25) is 4.84 Å². The van der Waals surface area contributed by atoms with Gasteiger partial charge in [0.2, 0.25) is 5.13 Å². The Bertz CT molecular complexity index is 268. The van der Waals surface area contributed by atoms with Crippen molar-refractivity contribution in [2.75, 3.05) is 12.1 Å². The van der Waals surface area contributed by atoms with Crippen molar-refractivity contribution < 1.29 is 4.84 Å². The van der Waals surface area contributed by atoms with Crippen LogP contribution in [0.25, 0.3) is 0 Å². The van der Waals surface area contributed by atoms with E-state index in [-0.39, 0.29) is 6.61 Å². The second-order valence-electron chi connectivity index (χ2n) is 1.57. The van der Waals surface area contributed by atoms with Crippen LogP contribution in [0, 0.1) is 12.3 Å². The first-order valence-corrected chi connectivity index (χ1v) is 4.01. The number of terminal acetylenes is 1. The van der Waals surface area contributed by atoms with E-state index in [0.717, 1.165) is 0 Å². The Morgan fingerprint density at radius 2 is 2.73 bits per heavy atom. The smallest absolute Gasteiger partial charge is 0.208 e. The van der Waals surface area contributed by atoms with Gasteiger partial charge >= 0.3 is 0 Å². The molecule has 0 aliphatic heterocycles. The summed E-state index contributed by atoms with van der Waals surface area (Å²) in [5.74, 6) is 2.30. The van der Waals surface area contributed by atoms with Crippen molar-refractivity contribution >= 4 is 28.1 Å². The molecule has 0 spiro atoms. The van der Waals surface area contributed by atoms with Crippen LogP contribution >= 0.6 is 22.9 Å². The number of aromatic nitrogens is 1. The fraction of sp³-hybridized carbons (Fsp3) is 0.167. The van der Waals surface area contributed by atoms with Crippen molar-refractivity contribution in [2.24, 2.45) is 0 Å². The van der Waals surface area contributed by atoms with E-state index in [1.807, 2.05) is 0 Å². The van der Waals surface area contributed by atoms with E-state index in [1.54, 1.807) is 5.38 Å². The Labute approximate surface area is 73.3 Å². The van der Waals surface area contributed by atoms with Gasteiger partial charge < -0.3 is 0 Å². The van der Waals surface area contributed by atoms with Gasteiger partial charge in [-0.2, -0.15) is 0 Å². The van der Waals surface area contributed by atoms with Gasteiger partial charge in [-0.05, 0) is 0 Å². The summed E-state index contributed by atoms with van der Waals surface area (Å²) in [4.78, 5) is 8.65. The van der Waals surface area contributed by atoms with Crippen LogP contribution in [0.1, 0.15) is 0 Å². The second kappa shape index (κ2) is 4.19. The zero-order chi connectivity index (χ0) is 8.10. The van der Waals surface area contributed by atoms with Gasteiger partial charge in [0.25, 0.3) is 0 Å². The standard InChI is InChI=1S/C6H5ClN2OS/c1-2-3-10-9-6-8-5(7)4-11-6/h1,4H,3H2,(H,8,9). The van der Waals surface area contributed by atoms with Crippen molar-refractivity contribution in [2.45, 2.75) is 0 Å². The lowest BCUT2D eigenvalue weighted by Gasteiger charge is -1.96. The average Bonchev–Trinajstić information content (AvgIpc) is 2.37. The Morgan fingerprint density at radius 1 is 1.91 bits per heavy atom. The zero-order valence-electron chi connectivity index (χ0n) is 5.50. The SMILES string of the molecule is C#CCONc1nc(Cl)cs1. The lowest BCUT2D eigenvalue weighted by molar-refractivity contribution is 0.234. The predicted octanol–water partition coefficient (Wildman–Crippen LogP) is 1.77. The van der Waals surface area contributed by atoms with E-state index in [9.17, 15) is 0 Å². The topological polar surface area (TPSA) is 34.1 Å². The third-order valence-corrected chi connectivity index (χ3v) is 1.85. The van der Waals surface area contributed by atoms with E-state index >= 15 is 0 Å². The molecule has 1 aromatic rings. The predicted molar refractivity (Wildman–Crippen MR) is 45.5 cm³/mol. The maximum absolute atomic E-state index is 5.54. The van der Waals surface area contributed by atoms with Gasteiger partial charge in [0.1, 0.15) is 11.8 Å². The third kappa shape index (κ3) is 2.76. The van der Waals surface area contributed by atoms with Crippen LogP contribution in [0.3, 0.4) is 0 Å². The molecule has 0 amide bonds. The van der Waals surface area contributed by atoms with Gasteiger partial charge in [-0.25, -0.2) is 10.5 Å². The van der Waals surface area contributed by atoms with Crippen molar-refractivity contribution in [3.05, 3.63) is 10.5 Å². The van der Waals surface area contributed by atoms with Crippen LogP contribution in [0.2, 0.25) is 5.15 Å². The minimum Gasteiger partial charge on any atom is -0.261 e. The maximum atomic E-state index is 5.54. The summed E-state index contributed by atoms with van der Waals surface area (Å²) in [6.45, 7) is 0.206. The molecule has 0 aromatic carbocycles. The molecule has 3 nitrogen and oxygen atoms in total. The molecular weight excluding hydrogens is 184 g/mol. The molecule has 0 fully saturated rings. The maximum Gasteiger partial charge on any atom is 0.208 e. The van der Waals surface area contributed by atoms with E-state index in [2.05, 4.69) is 16.4 Å². The molecule has 11 heavy (non-hydrogen) atoms. The van der Waals surface area contributed by atoms with Gasteiger partial charge in [-0.15, -0.1) is 17.8 Å². The van der Waals surface area contributed by atoms with E-state index in [1.165, 1.54) is 11.3 Å². The molecule has 0 unspecified atom stereocenters. The molecule has 1 heterocycles. The fourth-order valence-corrected chi connectivity index (χ4v) is 1.23. The van der Waals surface area contributed by atoms with Crippen molar-refractivity contribution in [1.29, 1.82) is 0 Å². The Balaban J connectivity index is 2.34. The second-order valence-corrected chi connectivity index (χ2v) is 2.82. The molecule has 5 heteroatoms. The first-order valence-electron chi connectivity index (χ1n) is 2.75. The number of hydrogen-bond acceptors (Lipinski definition) is 4. The number of hydrogen-bond donors (Lipinski definition) is 1. The zero-order valence-corrected chi connectivity index (χ0v) is 7.08. The average molecular weight is 189 g/mol.